The third-order valence-electron chi connectivity index (χ3n) is 3.23. The van der Waals surface area contributed by atoms with Crippen LogP contribution in [0.4, 0.5) is 0 Å². The van der Waals surface area contributed by atoms with Crippen LogP contribution in [0.25, 0.3) is 10.8 Å². The monoisotopic (exact) mass is 346 g/mol. The van der Waals surface area contributed by atoms with Crippen molar-refractivity contribution in [3.63, 3.8) is 0 Å². The maximum atomic E-state index is 12.3. The molecule has 0 fully saturated rings. The summed E-state index contributed by atoms with van der Waals surface area (Å²) in [6.07, 6.45) is 0. The van der Waals surface area contributed by atoms with E-state index in [1.807, 2.05) is 49.4 Å². The molecular weight excluding hydrogens is 332 g/mol. The van der Waals surface area contributed by atoms with Crippen LogP contribution in [-0.2, 0) is 26.1 Å². The minimum Gasteiger partial charge on any atom is -0.379 e. The first-order valence-electron chi connectivity index (χ1n) is 6.88. The van der Waals surface area contributed by atoms with E-state index in [1.54, 1.807) is 24.3 Å². The molecule has 3 aromatic carbocycles. The van der Waals surface area contributed by atoms with Gasteiger partial charge in [0, 0.05) is 5.39 Å². The summed E-state index contributed by atoms with van der Waals surface area (Å²) in [5.41, 5.74) is 1.06. The van der Waals surface area contributed by atoms with Gasteiger partial charge in [0.15, 0.2) is 0 Å². The van der Waals surface area contributed by atoms with Gasteiger partial charge in [-0.05, 0) is 30.5 Å². The first-order valence-corrected chi connectivity index (χ1v) is 8.96. The lowest BCUT2D eigenvalue weighted by Crippen LogP contribution is -2.08. The number of rotatable bonds is 5. The fraction of sp³-hybridized carbons (Fsp3) is 0.0588. The van der Waals surface area contributed by atoms with Gasteiger partial charge in [-0.25, -0.2) is 4.21 Å². The van der Waals surface area contributed by atoms with Crippen LogP contribution >= 0.6 is 0 Å². The third kappa shape index (κ3) is 3.85. The number of hydrogen-bond acceptors (Lipinski definition) is 4. The average molecular weight is 346 g/mol. The van der Waals surface area contributed by atoms with Gasteiger partial charge >= 0.3 is 11.4 Å². The highest BCUT2D eigenvalue weighted by Crippen LogP contribution is 2.23. The molecule has 23 heavy (non-hydrogen) atoms. The summed E-state index contributed by atoms with van der Waals surface area (Å²) < 4.78 is 34.4. The Bertz CT molecular complexity index is 870. The quantitative estimate of drug-likeness (QED) is 0.704. The molecule has 0 aliphatic carbocycles. The Kier molecular flexibility index (Phi) is 4.85. The molecule has 2 unspecified atom stereocenters. The minimum atomic E-state index is -2.15. The van der Waals surface area contributed by atoms with Gasteiger partial charge in [-0.1, -0.05) is 54.1 Å². The minimum absolute atomic E-state index is 0.392. The van der Waals surface area contributed by atoms with Crippen molar-refractivity contribution in [1.82, 2.24) is 0 Å². The van der Waals surface area contributed by atoms with Gasteiger partial charge in [0.25, 0.3) is 0 Å². The molecule has 0 aliphatic heterocycles. The third-order valence-corrected chi connectivity index (χ3v) is 5.21. The highest BCUT2D eigenvalue weighted by molar-refractivity contribution is 7.91. The SMILES string of the molecule is Cc1ccc(OS(=O)OS(=O)c2cccc3ccccc23)cc1. The zero-order chi connectivity index (χ0) is 16.2. The predicted octanol–water partition coefficient (Wildman–Crippen LogP) is 3.85. The highest BCUT2D eigenvalue weighted by atomic mass is 32.3. The Morgan fingerprint density at radius 3 is 2.30 bits per heavy atom. The van der Waals surface area contributed by atoms with Crippen LogP contribution in [0.15, 0.2) is 71.6 Å². The summed E-state index contributed by atoms with van der Waals surface area (Å²) in [5.74, 6) is 0.392. The molecule has 0 N–H and O–H groups in total. The first-order chi connectivity index (χ1) is 11.1. The fourth-order valence-corrected chi connectivity index (χ4v) is 3.75. The summed E-state index contributed by atoms with van der Waals surface area (Å²) in [7, 11) is 0. The molecule has 3 aromatic rings. The largest absolute Gasteiger partial charge is 0.379 e. The zero-order valence-electron chi connectivity index (χ0n) is 12.3. The maximum Gasteiger partial charge on any atom is 0.374 e. The number of hydrogen-bond donors (Lipinski definition) is 0. The summed E-state index contributed by atoms with van der Waals surface area (Å²) in [4.78, 5) is 0.462. The van der Waals surface area contributed by atoms with Crippen molar-refractivity contribution in [2.45, 2.75) is 11.8 Å². The molecule has 0 amide bonds. The van der Waals surface area contributed by atoms with Gasteiger partial charge < -0.3 is 4.18 Å². The van der Waals surface area contributed by atoms with Gasteiger partial charge in [-0.15, -0.1) is 0 Å². The van der Waals surface area contributed by atoms with Crippen molar-refractivity contribution in [1.29, 1.82) is 0 Å². The second-order valence-electron chi connectivity index (χ2n) is 4.88. The molecule has 118 valence electrons. The molecule has 6 heteroatoms. The van der Waals surface area contributed by atoms with Gasteiger partial charge in [0.05, 0.1) is 4.90 Å². The Balaban J connectivity index is 1.75. The predicted molar refractivity (Wildman–Crippen MR) is 91.4 cm³/mol. The second-order valence-corrected chi connectivity index (χ2v) is 6.91. The Morgan fingerprint density at radius 1 is 0.826 bits per heavy atom. The van der Waals surface area contributed by atoms with Crippen LogP contribution in [0.5, 0.6) is 5.75 Å². The van der Waals surface area contributed by atoms with Crippen molar-refractivity contribution >= 4 is 33.2 Å². The number of fused-ring (bicyclic) bond motifs is 1. The van der Waals surface area contributed by atoms with Crippen LogP contribution in [0, 0.1) is 6.92 Å². The highest BCUT2D eigenvalue weighted by Gasteiger charge is 2.14. The lowest BCUT2D eigenvalue weighted by Gasteiger charge is -2.07. The van der Waals surface area contributed by atoms with Crippen LogP contribution in [0.1, 0.15) is 5.56 Å². The first kappa shape index (κ1) is 15.9. The molecule has 0 heterocycles. The van der Waals surface area contributed by atoms with E-state index in [0.29, 0.717) is 10.6 Å². The van der Waals surface area contributed by atoms with E-state index in [0.717, 1.165) is 16.3 Å². The molecular formula is C17H14O4S2. The van der Waals surface area contributed by atoms with Crippen molar-refractivity contribution in [2.75, 3.05) is 0 Å². The topological polar surface area (TPSA) is 52.6 Å². The van der Waals surface area contributed by atoms with Crippen molar-refractivity contribution < 1.29 is 16.2 Å². The van der Waals surface area contributed by atoms with Gasteiger partial charge in [-0.2, -0.15) is 7.84 Å². The van der Waals surface area contributed by atoms with E-state index in [9.17, 15) is 8.42 Å². The molecule has 0 aromatic heterocycles. The van der Waals surface area contributed by atoms with E-state index < -0.39 is 22.4 Å². The Morgan fingerprint density at radius 2 is 1.52 bits per heavy atom. The van der Waals surface area contributed by atoms with Crippen LogP contribution in [0.2, 0.25) is 0 Å². The summed E-state index contributed by atoms with van der Waals surface area (Å²) >= 11 is -4.04. The zero-order valence-corrected chi connectivity index (χ0v) is 13.9. The molecule has 2 atom stereocenters. The molecule has 0 aliphatic rings. The molecule has 0 saturated heterocycles. The molecule has 3 rings (SSSR count). The smallest absolute Gasteiger partial charge is 0.374 e. The van der Waals surface area contributed by atoms with Gasteiger partial charge in [0.1, 0.15) is 5.75 Å². The van der Waals surface area contributed by atoms with Crippen molar-refractivity contribution in [3.05, 3.63) is 72.3 Å². The lowest BCUT2D eigenvalue weighted by molar-refractivity contribution is 0.474. The van der Waals surface area contributed by atoms with Gasteiger partial charge in [0.2, 0.25) is 11.1 Å². The molecule has 0 saturated carbocycles. The summed E-state index contributed by atoms with van der Waals surface area (Å²) in [6, 6.07) is 19.9. The maximum absolute atomic E-state index is 12.3. The molecule has 0 radical (unpaired) electrons. The van der Waals surface area contributed by atoms with Crippen molar-refractivity contribution in [2.24, 2.45) is 0 Å². The Labute approximate surface area is 139 Å². The number of benzene rings is 3. The fourth-order valence-electron chi connectivity index (χ4n) is 2.11. The van der Waals surface area contributed by atoms with Crippen molar-refractivity contribution in [3.8, 4) is 5.75 Å². The summed E-state index contributed by atoms with van der Waals surface area (Å²) in [5, 5.41) is 1.73. The van der Waals surface area contributed by atoms with E-state index >= 15 is 0 Å². The Hall–Kier alpha value is -2.02. The van der Waals surface area contributed by atoms with Gasteiger partial charge in [-0.3, -0.25) is 0 Å². The van der Waals surface area contributed by atoms with Crippen LogP contribution < -0.4 is 4.18 Å². The van der Waals surface area contributed by atoms with Crippen LogP contribution in [0.3, 0.4) is 0 Å². The lowest BCUT2D eigenvalue weighted by atomic mass is 10.1. The summed E-state index contributed by atoms with van der Waals surface area (Å²) in [6.45, 7) is 1.94. The normalized spacial score (nSPS) is 13.6. The standard InChI is InChI=1S/C17H14O4S2/c1-13-9-11-15(12-10-13)20-23(19)21-22(18)17-8-4-6-14-5-2-3-7-16(14)17/h2-12H,1H3. The van der Waals surface area contributed by atoms with Crippen LogP contribution in [-0.4, -0.2) is 8.42 Å². The van der Waals surface area contributed by atoms with E-state index in [2.05, 4.69) is 0 Å². The average Bonchev–Trinajstić information content (AvgIpc) is 2.56. The molecule has 0 bridgehead atoms. The van der Waals surface area contributed by atoms with E-state index in [-0.39, 0.29) is 0 Å². The molecule has 4 nitrogen and oxygen atoms in total. The van der Waals surface area contributed by atoms with E-state index in [4.69, 9.17) is 7.81 Å². The molecule has 0 spiro atoms. The second kappa shape index (κ2) is 7.04. The van der Waals surface area contributed by atoms with E-state index in [1.165, 1.54) is 0 Å². The number of aryl methyl sites for hydroxylation is 1.